The van der Waals surface area contributed by atoms with Gasteiger partial charge < -0.3 is 20.4 Å². The molecule has 0 radical (unpaired) electrons. The number of likely N-dealkylation sites (N-methyl/N-ethyl adjacent to an activating group) is 1. The zero-order chi connectivity index (χ0) is 11.8. The molecule has 0 spiro atoms. The Hall–Kier alpha value is -2.07. The molecule has 0 aliphatic heterocycles. The number of imidazole rings is 1. The Bertz CT molecular complexity index is 366. The van der Waals surface area contributed by atoms with Crippen LogP contribution in [0.15, 0.2) is 17.5 Å². The van der Waals surface area contributed by atoms with Crippen LogP contribution in [0, 0.1) is 11.5 Å². The molecule has 86 valence electrons. The minimum Gasteiger partial charge on any atom is -0.373 e. The van der Waals surface area contributed by atoms with Crippen molar-refractivity contribution in [1.82, 2.24) is 14.9 Å². The van der Waals surface area contributed by atoms with Crippen molar-refractivity contribution in [3.8, 4) is 6.19 Å². The van der Waals surface area contributed by atoms with Crippen LogP contribution >= 0.6 is 0 Å². The molecule has 1 aromatic rings. The van der Waals surface area contributed by atoms with Gasteiger partial charge in [-0.1, -0.05) is 0 Å². The van der Waals surface area contributed by atoms with E-state index in [4.69, 9.17) is 15.7 Å². The number of H-pyrrole nitrogens is 1. The number of hydrogen-bond donors (Lipinski definition) is 2. The molecular formula is C9H14N6O. The summed E-state index contributed by atoms with van der Waals surface area (Å²) in [6.45, 7) is 1.55. The van der Waals surface area contributed by atoms with E-state index < -0.39 is 0 Å². The average molecular weight is 222 g/mol. The van der Waals surface area contributed by atoms with Gasteiger partial charge in [0.25, 0.3) is 0 Å². The topological polar surface area (TPSA) is 103 Å². The SMILES string of the molecule is CN(CCOCc1cnc[nH]1)C(N)=NC#N. The maximum Gasteiger partial charge on any atom is 0.209 e. The van der Waals surface area contributed by atoms with Crippen LogP contribution in [-0.2, 0) is 11.3 Å². The Morgan fingerprint density at radius 3 is 3.25 bits per heavy atom. The van der Waals surface area contributed by atoms with Crippen LogP contribution in [0.5, 0.6) is 0 Å². The Balaban J connectivity index is 2.16. The van der Waals surface area contributed by atoms with Gasteiger partial charge >= 0.3 is 0 Å². The monoisotopic (exact) mass is 222 g/mol. The highest BCUT2D eigenvalue weighted by molar-refractivity contribution is 5.78. The fourth-order valence-corrected chi connectivity index (χ4v) is 0.998. The van der Waals surface area contributed by atoms with Crippen LogP contribution in [0.2, 0.25) is 0 Å². The van der Waals surface area contributed by atoms with Gasteiger partial charge in [-0.2, -0.15) is 5.26 Å². The van der Waals surface area contributed by atoms with Crippen molar-refractivity contribution in [1.29, 1.82) is 5.26 Å². The molecule has 1 rings (SSSR count). The van der Waals surface area contributed by atoms with Crippen molar-refractivity contribution >= 4 is 5.96 Å². The van der Waals surface area contributed by atoms with Crippen molar-refractivity contribution in [2.45, 2.75) is 6.61 Å². The van der Waals surface area contributed by atoms with Gasteiger partial charge in [0, 0.05) is 13.6 Å². The van der Waals surface area contributed by atoms with Crippen LogP contribution in [0.4, 0.5) is 0 Å². The molecule has 0 aromatic carbocycles. The summed E-state index contributed by atoms with van der Waals surface area (Å²) in [5, 5.41) is 8.30. The van der Waals surface area contributed by atoms with Crippen molar-refractivity contribution in [2.75, 3.05) is 20.2 Å². The average Bonchev–Trinajstić information content (AvgIpc) is 2.77. The summed E-state index contributed by atoms with van der Waals surface area (Å²) in [5.74, 6) is 0.188. The molecular weight excluding hydrogens is 208 g/mol. The number of hydrogen-bond acceptors (Lipinski definition) is 4. The lowest BCUT2D eigenvalue weighted by atomic mass is 10.5. The first kappa shape index (κ1) is 12.0. The second kappa shape index (κ2) is 6.42. The van der Waals surface area contributed by atoms with Crippen molar-refractivity contribution < 1.29 is 4.74 Å². The van der Waals surface area contributed by atoms with E-state index in [2.05, 4.69) is 15.0 Å². The summed E-state index contributed by atoms with van der Waals surface area (Å²) in [7, 11) is 1.75. The zero-order valence-corrected chi connectivity index (χ0v) is 9.05. The van der Waals surface area contributed by atoms with E-state index in [1.165, 1.54) is 0 Å². The molecule has 0 aliphatic rings. The lowest BCUT2D eigenvalue weighted by molar-refractivity contribution is 0.109. The lowest BCUT2D eigenvalue weighted by Gasteiger charge is -2.16. The minimum atomic E-state index is 0.188. The molecule has 7 heteroatoms. The van der Waals surface area contributed by atoms with E-state index in [-0.39, 0.29) is 5.96 Å². The number of aromatic nitrogens is 2. The first-order valence-corrected chi connectivity index (χ1v) is 4.72. The third-order valence-corrected chi connectivity index (χ3v) is 1.94. The molecule has 1 heterocycles. The van der Waals surface area contributed by atoms with Crippen LogP contribution < -0.4 is 5.73 Å². The molecule has 0 saturated carbocycles. The second-order valence-electron chi connectivity index (χ2n) is 3.12. The number of nitrogens with one attached hydrogen (secondary N) is 1. The van der Waals surface area contributed by atoms with Crippen LogP contribution in [0.1, 0.15) is 5.69 Å². The van der Waals surface area contributed by atoms with Gasteiger partial charge in [-0.25, -0.2) is 4.98 Å². The molecule has 16 heavy (non-hydrogen) atoms. The van der Waals surface area contributed by atoms with Gasteiger partial charge in [-0.05, 0) is 0 Å². The molecule has 0 amide bonds. The second-order valence-corrected chi connectivity index (χ2v) is 3.12. The molecule has 0 aliphatic carbocycles. The number of nitriles is 1. The normalized spacial score (nSPS) is 11.1. The Kier molecular flexibility index (Phi) is 4.82. The molecule has 7 nitrogen and oxygen atoms in total. The molecule has 0 fully saturated rings. The summed E-state index contributed by atoms with van der Waals surface area (Å²) >= 11 is 0. The standard InChI is InChI=1S/C9H14N6O/c1-15(9(11)13-6-10)2-3-16-5-8-4-12-7-14-8/h4,7H,2-3,5H2,1H3,(H2,11,13)(H,12,14). The lowest BCUT2D eigenvalue weighted by Crippen LogP contribution is -2.36. The molecule has 0 bridgehead atoms. The third-order valence-electron chi connectivity index (χ3n) is 1.94. The summed E-state index contributed by atoms with van der Waals surface area (Å²) in [6.07, 6.45) is 4.93. The Labute approximate surface area is 93.6 Å². The van der Waals surface area contributed by atoms with Crippen LogP contribution in [-0.4, -0.2) is 41.0 Å². The number of aliphatic imine (C=N–C) groups is 1. The van der Waals surface area contributed by atoms with E-state index in [0.717, 1.165) is 5.69 Å². The predicted octanol–water partition coefficient (Wildman–Crippen LogP) is -0.346. The molecule has 0 unspecified atom stereocenters. The van der Waals surface area contributed by atoms with Gasteiger partial charge in [0.15, 0.2) is 0 Å². The fraction of sp³-hybridized carbons (Fsp3) is 0.444. The first-order chi connectivity index (χ1) is 7.74. The summed E-state index contributed by atoms with van der Waals surface area (Å²) < 4.78 is 5.37. The summed E-state index contributed by atoms with van der Waals surface area (Å²) in [6, 6.07) is 0. The predicted molar refractivity (Wildman–Crippen MR) is 58.1 cm³/mol. The van der Waals surface area contributed by atoms with E-state index >= 15 is 0 Å². The van der Waals surface area contributed by atoms with Gasteiger partial charge in [0.1, 0.15) is 0 Å². The highest BCUT2D eigenvalue weighted by Crippen LogP contribution is 1.94. The van der Waals surface area contributed by atoms with Crippen molar-refractivity contribution in [3.05, 3.63) is 18.2 Å². The third kappa shape index (κ3) is 3.98. The Morgan fingerprint density at radius 2 is 2.62 bits per heavy atom. The quantitative estimate of drug-likeness (QED) is 0.307. The van der Waals surface area contributed by atoms with E-state index in [0.29, 0.717) is 19.8 Å². The highest BCUT2D eigenvalue weighted by Gasteiger charge is 2.01. The number of aromatic amines is 1. The number of ether oxygens (including phenoxy) is 1. The highest BCUT2D eigenvalue weighted by atomic mass is 16.5. The fourth-order valence-electron chi connectivity index (χ4n) is 0.998. The zero-order valence-electron chi connectivity index (χ0n) is 9.05. The maximum absolute atomic E-state index is 8.30. The van der Waals surface area contributed by atoms with Gasteiger partial charge in [0.05, 0.1) is 31.4 Å². The van der Waals surface area contributed by atoms with Crippen molar-refractivity contribution in [3.63, 3.8) is 0 Å². The minimum absolute atomic E-state index is 0.188. The number of rotatable bonds is 5. The van der Waals surface area contributed by atoms with Crippen molar-refractivity contribution in [2.24, 2.45) is 10.7 Å². The summed E-state index contributed by atoms with van der Waals surface area (Å²) in [5.41, 5.74) is 6.40. The Morgan fingerprint density at radius 1 is 1.81 bits per heavy atom. The maximum atomic E-state index is 8.30. The summed E-state index contributed by atoms with van der Waals surface area (Å²) in [4.78, 5) is 11.9. The smallest absolute Gasteiger partial charge is 0.209 e. The van der Waals surface area contributed by atoms with Crippen LogP contribution in [0.25, 0.3) is 0 Å². The molecule has 1 aromatic heterocycles. The molecule has 0 saturated heterocycles. The van der Waals surface area contributed by atoms with Crippen LogP contribution in [0.3, 0.4) is 0 Å². The molecule has 0 atom stereocenters. The van der Waals surface area contributed by atoms with Gasteiger partial charge in [-0.15, -0.1) is 4.99 Å². The number of guanidine groups is 1. The van der Waals surface area contributed by atoms with E-state index in [1.54, 1.807) is 30.7 Å². The van der Waals surface area contributed by atoms with E-state index in [1.807, 2.05) is 0 Å². The largest absolute Gasteiger partial charge is 0.373 e. The number of nitrogens with zero attached hydrogens (tertiary/aromatic N) is 4. The first-order valence-electron chi connectivity index (χ1n) is 4.72. The van der Waals surface area contributed by atoms with Gasteiger partial charge in [0.2, 0.25) is 12.2 Å². The van der Waals surface area contributed by atoms with E-state index in [9.17, 15) is 0 Å². The van der Waals surface area contributed by atoms with Gasteiger partial charge in [-0.3, -0.25) is 0 Å². The molecule has 3 N–H and O–H groups in total. The number of nitrogens with two attached hydrogens (primary N) is 1.